The van der Waals surface area contributed by atoms with E-state index in [2.05, 4.69) is 35.1 Å². The molecule has 2 nitrogen and oxygen atoms in total. The van der Waals surface area contributed by atoms with Crippen LogP contribution in [0.2, 0.25) is 0 Å². The Morgan fingerprint density at radius 1 is 1.19 bits per heavy atom. The van der Waals surface area contributed by atoms with Crippen molar-refractivity contribution in [1.82, 2.24) is 5.32 Å². The molecule has 1 unspecified atom stereocenters. The van der Waals surface area contributed by atoms with Crippen LogP contribution in [-0.4, -0.2) is 6.54 Å². The first-order valence-electron chi connectivity index (χ1n) is 7.07. The second-order valence-corrected chi connectivity index (χ2v) is 5.81. The van der Waals surface area contributed by atoms with Gasteiger partial charge in [-0.1, -0.05) is 41.1 Å². The Bertz CT molecular complexity index is 603. The van der Waals surface area contributed by atoms with Crippen LogP contribution in [-0.2, 0) is 0 Å². The average Bonchev–Trinajstić information content (AvgIpc) is 2.49. The molecular formula is C17H19BrFNO. The molecule has 0 aliphatic heterocycles. The Morgan fingerprint density at radius 2 is 1.95 bits per heavy atom. The lowest BCUT2D eigenvalue weighted by atomic mass is 10.1. The van der Waals surface area contributed by atoms with Crippen LogP contribution in [0.1, 0.15) is 31.9 Å². The van der Waals surface area contributed by atoms with Gasteiger partial charge in [0.15, 0.2) is 11.6 Å². The molecule has 0 radical (unpaired) electrons. The van der Waals surface area contributed by atoms with Gasteiger partial charge in [0.05, 0.1) is 0 Å². The molecule has 0 aliphatic rings. The van der Waals surface area contributed by atoms with Crippen molar-refractivity contribution in [3.05, 3.63) is 58.3 Å². The maximum atomic E-state index is 13.8. The lowest BCUT2D eigenvalue weighted by Gasteiger charge is -2.18. The van der Waals surface area contributed by atoms with Gasteiger partial charge in [-0.25, -0.2) is 4.39 Å². The minimum atomic E-state index is -0.373. The number of hydrogen-bond donors (Lipinski definition) is 1. The van der Waals surface area contributed by atoms with Crippen molar-refractivity contribution in [2.24, 2.45) is 0 Å². The summed E-state index contributed by atoms with van der Waals surface area (Å²) in [4.78, 5) is 0. The Morgan fingerprint density at radius 3 is 2.71 bits per heavy atom. The number of benzene rings is 2. The van der Waals surface area contributed by atoms with Gasteiger partial charge in [0.2, 0.25) is 0 Å². The van der Waals surface area contributed by atoms with E-state index < -0.39 is 0 Å². The van der Waals surface area contributed by atoms with Gasteiger partial charge in [-0.05, 0) is 44.2 Å². The van der Waals surface area contributed by atoms with Crippen LogP contribution in [0.4, 0.5) is 4.39 Å². The molecule has 2 rings (SSSR count). The minimum absolute atomic E-state index is 0.149. The minimum Gasteiger partial charge on any atom is -0.454 e. The molecule has 0 saturated heterocycles. The summed E-state index contributed by atoms with van der Waals surface area (Å²) in [5.74, 6) is 0.521. The summed E-state index contributed by atoms with van der Waals surface area (Å²) in [7, 11) is 0. The highest BCUT2D eigenvalue weighted by Crippen LogP contribution is 2.32. The molecule has 0 spiro atoms. The van der Waals surface area contributed by atoms with Crippen LogP contribution in [0, 0.1) is 5.82 Å². The predicted molar refractivity (Wildman–Crippen MR) is 87.3 cm³/mol. The molecule has 0 aromatic heterocycles. The van der Waals surface area contributed by atoms with Gasteiger partial charge in [-0.15, -0.1) is 0 Å². The van der Waals surface area contributed by atoms with Crippen LogP contribution in [0.15, 0.2) is 46.9 Å². The monoisotopic (exact) mass is 351 g/mol. The third-order valence-corrected chi connectivity index (χ3v) is 3.69. The van der Waals surface area contributed by atoms with Crippen molar-refractivity contribution >= 4 is 15.9 Å². The van der Waals surface area contributed by atoms with E-state index in [1.165, 1.54) is 6.07 Å². The maximum absolute atomic E-state index is 13.8. The molecule has 2 aromatic carbocycles. The standard InChI is InChI=1S/C17H19BrFNO/c1-3-10-20-12(2)14-6-4-5-7-16(14)21-17-11-13(18)8-9-15(17)19/h4-9,11-12,20H,3,10H2,1-2H3. The smallest absolute Gasteiger partial charge is 0.165 e. The zero-order valence-corrected chi connectivity index (χ0v) is 13.8. The largest absolute Gasteiger partial charge is 0.454 e. The van der Waals surface area contributed by atoms with Crippen molar-refractivity contribution in [2.45, 2.75) is 26.3 Å². The van der Waals surface area contributed by atoms with E-state index in [9.17, 15) is 4.39 Å². The molecule has 2 aromatic rings. The molecule has 0 amide bonds. The summed E-state index contributed by atoms with van der Waals surface area (Å²) < 4.78 is 20.4. The molecule has 0 saturated carbocycles. The summed E-state index contributed by atoms with van der Waals surface area (Å²) in [6, 6.07) is 12.5. The fourth-order valence-corrected chi connectivity index (χ4v) is 2.42. The predicted octanol–water partition coefficient (Wildman–Crippen LogP) is 5.44. The van der Waals surface area contributed by atoms with Gasteiger partial charge in [-0.3, -0.25) is 0 Å². The van der Waals surface area contributed by atoms with Crippen molar-refractivity contribution in [3.8, 4) is 11.5 Å². The van der Waals surface area contributed by atoms with Crippen molar-refractivity contribution in [2.75, 3.05) is 6.54 Å². The third kappa shape index (κ3) is 4.29. The molecule has 1 atom stereocenters. The van der Waals surface area contributed by atoms with Crippen molar-refractivity contribution < 1.29 is 9.13 Å². The number of nitrogens with one attached hydrogen (secondary N) is 1. The van der Waals surface area contributed by atoms with Crippen LogP contribution >= 0.6 is 15.9 Å². The second-order valence-electron chi connectivity index (χ2n) is 4.89. The molecule has 112 valence electrons. The quantitative estimate of drug-likeness (QED) is 0.747. The fraction of sp³-hybridized carbons (Fsp3) is 0.294. The highest BCUT2D eigenvalue weighted by Gasteiger charge is 2.13. The van der Waals surface area contributed by atoms with Gasteiger partial charge >= 0.3 is 0 Å². The Labute approximate surface area is 133 Å². The first-order valence-corrected chi connectivity index (χ1v) is 7.86. The van der Waals surface area contributed by atoms with Crippen LogP contribution < -0.4 is 10.1 Å². The van der Waals surface area contributed by atoms with Gasteiger partial charge in [0, 0.05) is 16.1 Å². The summed E-state index contributed by atoms with van der Waals surface area (Å²) in [6.07, 6.45) is 1.06. The van der Waals surface area contributed by atoms with E-state index in [1.807, 2.05) is 24.3 Å². The third-order valence-electron chi connectivity index (χ3n) is 3.20. The Balaban J connectivity index is 2.25. The number of hydrogen-bond acceptors (Lipinski definition) is 2. The van der Waals surface area contributed by atoms with Gasteiger partial charge in [-0.2, -0.15) is 0 Å². The second kappa shape index (κ2) is 7.57. The van der Waals surface area contributed by atoms with E-state index >= 15 is 0 Å². The number of halogens is 2. The van der Waals surface area contributed by atoms with E-state index in [-0.39, 0.29) is 17.6 Å². The molecule has 4 heteroatoms. The zero-order chi connectivity index (χ0) is 15.2. The molecule has 21 heavy (non-hydrogen) atoms. The summed E-state index contributed by atoms with van der Waals surface area (Å²) in [5.41, 5.74) is 1.02. The summed E-state index contributed by atoms with van der Waals surface area (Å²) >= 11 is 3.33. The normalized spacial score (nSPS) is 12.2. The van der Waals surface area contributed by atoms with Crippen LogP contribution in [0.3, 0.4) is 0 Å². The molecule has 0 fully saturated rings. The lowest BCUT2D eigenvalue weighted by molar-refractivity contribution is 0.429. The molecule has 0 aliphatic carbocycles. The zero-order valence-electron chi connectivity index (χ0n) is 12.2. The molecule has 0 heterocycles. The van der Waals surface area contributed by atoms with Crippen molar-refractivity contribution in [1.29, 1.82) is 0 Å². The SMILES string of the molecule is CCCNC(C)c1ccccc1Oc1cc(Br)ccc1F. The summed E-state index contributed by atoms with van der Waals surface area (Å²) in [5, 5.41) is 3.42. The van der Waals surface area contributed by atoms with Gasteiger partial charge in [0.25, 0.3) is 0 Å². The van der Waals surface area contributed by atoms with E-state index in [4.69, 9.17) is 4.74 Å². The van der Waals surface area contributed by atoms with Crippen molar-refractivity contribution in [3.63, 3.8) is 0 Å². The maximum Gasteiger partial charge on any atom is 0.165 e. The van der Waals surface area contributed by atoms with E-state index in [1.54, 1.807) is 12.1 Å². The van der Waals surface area contributed by atoms with Gasteiger partial charge in [0.1, 0.15) is 5.75 Å². The average molecular weight is 352 g/mol. The van der Waals surface area contributed by atoms with E-state index in [0.717, 1.165) is 23.0 Å². The van der Waals surface area contributed by atoms with E-state index in [0.29, 0.717) is 5.75 Å². The summed E-state index contributed by atoms with van der Waals surface area (Å²) in [6.45, 7) is 5.13. The fourth-order valence-electron chi connectivity index (χ4n) is 2.08. The molecular weight excluding hydrogens is 333 g/mol. The Hall–Kier alpha value is -1.39. The number of ether oxygens (including phenoxy) is 1. The number of para-hydroxylation sites is 1. The van der Waals surface area contributed by atoms with Crippen LogP contribution in [0.5, 0.6) is 11.5 Å². The number of rotatable bonds is 6. The highest BCUT2D eigenvalue weighted by molar-refractivity contribution is 9.10. The highest BCUT2D eigenvalue weighted by atomic mass is 79.9. The first kappa shape index (κ1) is 16.0. The molecule has 1 N–H and O–H groups in total. The topological polar surface area (TPSA) is 21.3 Å². The first-order chi connectivity index (χ1) is 10.1. The van der Waals surface area contributed by atoms with Gasteiger partial charge < -0.3 is 10.1 Å². The lowest BCUT2D eigenvalue weighted by Crippen LogP contribution is -2.19. The molecule has 0 bridgehead atoms. The Kier molecular flexibility index (Phi) is 5.76. The van der Waals surface area contributed by atoms with Crippen LogP contribution in [0.25, 0.3) is 0 Å².